The highest BCUT2D eigenvalue weighted by Gasteiger charge is 2.19. The topological polar surface area (TPSA) is 21.3 Å². The lowest BCUT2D eigenvalue weighted by Gasteiger charge is -2.26. The molecule has 0 bridgehead atoms. The molecule has 13 rings (SSSR count). The van der Waals surface area contributed by atoms with Gasteiger partial charge in [0, 0.05) is 55.2 Å². The maximum Gasteiger partial charge on any atom is 0.143 e. The first-order chi connectivity index (χ1) is 33.2. The molecule has 11 aromatic carbocycles. The molecular formula is C64H42N2O. The molecule has 3 nitrogen and oxygen atoms in total. The number of furan rings is 1. The normalized spacial score (nSPS) is 11.6. The standard InChI is InChI=1S/C64H42N2O/c1-2-14-43(15-3-1)47-17-10-18-48(40-47)44-30-35-51(36-31-44)65(53-21-12-20-50(42-53)56-26-13-27-59-60-39-34-46-16-4-5-23-55(46)63(60)67-64(56)59)52-37-32-45(33-38-52)49-19-11-22-54(41-49)66-61-28-8-6-24-57(61)58-25-7-9-29-62(58)66/h1-42H. The fourth-order valence-corrected chi connectivity index (χ4v) is 10.2. The summed E-state index contributed by atoms with van der Waals surface area (Å²) in [7, 11) is 0. The number of hydrogen-bond donors (Lipinski definition) is 0. The first-order valence-corrected chi connectivity index (χ1v) is 22.9. The zero-order valence-corrected chi connectivity index (χ0v) is 36.6. The Morgan fingerprint density at radius 3 is 1.49 bits per heavy atom. The van der Waals surface area contributed by atoms with Crippen LogP contribution in [0.2, 0.25) is 0 Å². The van der Waals surface area contributed by atoms with Gasteiger partial charge in [-0.15, -0.1) is 0 Å². The van der Waals surface area contributed by atoms with Crippen LogP contribution in [-0.2, 0) is 0 Å². The number of benzene rings is 11. The molecule has 0 saturated heterocycles. The van der Waals surface area contributed by atoms with E-state index in [0.29, 0.717) is 0 Å². The van der Waals surface area contributed by atoms with Gasteiger partial charge < -0.3 is 13.9 Å². The molecule has 0 saturated carbocycles. The van der Waals surface area contributed by atoms with E-state index in [0.717, 1.165) is 77.9 Å². The monoisotopic (exact) mass is 854 g/mol. The molecule has 314 valence electrons. The average Bonchev–Trinajstić information content (AvgIpc) is 3.96. The van der Waals surface area contributed by atoms with Crippen LogP contribution in [0.25, 0.3) is 105 Å². The van der Waals surface area contributed by atoms with E-state index >= 15 is 0 Å². The minimum atomic E-state index is 0.895. The smallest absolute Gasteiger partial charge is 0.143 e. The summed E-state index contributed by atoms with van der Waals surface area (Å²) in [6.45, 7) is 0. The lowest BCUT2D eigenvalue weighted by Crippen LogP contribution is -2.10. The third kappa shape index (κ3) is 6.67. The molecule has 0 amide bonds. The zero-order chi connectivity index (χ0) is 44.3. The van der Waals surface area contributed by atoms with E-state index in [9.17, 15) is 0 Å². The molecule has 0 N–H and O–H groups in total. The number of nitrogens with zero attached hydrogens (tertiary/aromatic N) is 2. The Balaban J connectivity index is 0.908. The third-order valence-corrected chi connectivity index (χ3v) is 13.4. The number of hydrogen-bond acceptors (Lipinski definition) is 2. The van der Waals surface area contributed by atoms with Gasteiger partial charge in [0.25, 0.3) is 0 Å². The zero-order valence-electron chi connectivity index (χ0n) is 36.6. The number of aromatic nitrogens is 1. The highest BCUT2D eigenvalue weighted by molar-refractivity contribution is 6.17. The van der Waals surface area contributed by atoms with Crippen molar-refractivity contribution in [1.29, 1.82) is 0 Å². The van der Waals surface area contributed by atoms with Crippen LogP contribution in [0.15, 0.2) is 259 Å². The average molecular weight is 855 g/mol. The highest BCUT2D eigenvalue weighted by Crippen LogP contribution is 2.43. The predicted octanol–water partition coefficient (Wildman–Crippen LogP) is 18.0. The van der Waals surface area contributed by atoms with Gasteiger partial charge in [-0.05, 0) is 117 Å². The highest BCUT2D eigenvalue weighted by atomic mass is 16.3. The van der Waals surface area contributed by atoms with Crippen LogP contribution in [0.4, 0.5) is 17.1 Å². The predicted molar refractivity (Wildman–Crippen MR) is 282 cm³/mol. The second-order valence-electron chi connectivity index (χ2n) is 17.3. The van der Waals surface area contributed by atoms with Crippen LogP contribution >= 0.6 is 0 Å². The molecule has 3 heteroatoms. The van der Waals surface area contributed by atoms with Gasteiger partial charge in [-0.1, -0.05) is 182 Å². The van der Waals surface area contributed by atoms with Crippen molar-refractivity contribution >= 4 is 71.6 Å². The lowest BCUT2D eigenvalue weighted by atomic mass is 9.98. The van der Waals surface area contributed by atoms with Crippen LogP contribution in [0, 0.1) is 0 Å². The van der Waals surface area contributed by atoms with Gasteiger partial charge >= 0.3 is 0 Å². The van der Waals surface area contributed by atoms with Gasteiger partial charge in [-0.2, -0.15) is 0 Å². The van der Waals surface area contributed by atoms with Gasteiger partial charge in [0.1, 0.15) is 11.2 Å². The molecule has 0 radical (unpaired) electrons. The number of anilines is 3. The van der Waals surface area contributed by atoms with E-state index in [1.54, 1.807) is 0 Å². The van der Waals surface area contributed by atoms with E-state index < -0.39 is 0 Å². The summed E-state index contributed by atoms with van der Waals surface area (Å²) >= 11 is 0. The molecule has 0 spiro atoms. The van der Waals surface area contributed by atoms with Crippen molar-refractivity contribution in [2.24, 2.45) is 0 Å². The summed E-state index contributed by atoms with van der Waals surface area (Å²) in [4.78, 5) is 2.36. The summed E-state index contributed by atoms with van der Waals surface area (Å²) in [6, 6.07) is 91.8. The van der Waals surface area contributed by atoms with Gasteiger partial charge in [0.2, 0.25) is 0 Å². The Hall–Kier alpha value is -8.92. The maximum atomic E-state index is 6.83. The van der Waals surface area contributed by atoms with Crippen LogP contribution < -0.4 is 4.90 Å². The maximum absolute atomic E-state index is 6.83. The van der Waals surface area contributed by atoms with E-state index in [4.69, 9.17) is 4.42 Å². The minimum absolute atomic E-state index is 0.895. The number of para-hydroxylation sites is 3. The summed E-state index contributed by atoms with van der Waals surface area (Å²) in [5.41, 5.74) is 17.8. The van der Waals surface area contributed by atoms with Gasteiger partial charge in [-0.25, -0.2) is 0 Å². The Bertz CT molecular complexity index is 3920. The lowest BCUT2D eigenvalue weighted by molar-refractivity contribution is 0.674. The first-order valence-electron chi connectivity index (χ1n) is 22.9. The van der Waals surface area contributed by atoms with Crippen molar-refractivity contribution in [1.82, 2.24) is 4.57 Å². The van der Waals surface area contributed by atoms with Crippen molar-refractivity contribution < 1.29 is 4.42 Å². The molecule has 0 fully saturated rings. The van der Waals surface area contributed by atoms with Crippen molar-refractivity contribution in [2.75, 3.05) is 4.90 Å². The van der Waals surface area contributed by atoms with Gasteiger partial charge in [-0.3, -0.25) is 0 Å². The van der Waals surface area contributed by atoms with Crippen LogP contribution in [0.3, 0.4) is 0 Å². The van der Waals surface area contributed by atoms with Crippen molar-refractivity contribution in [3.8, 4) is 50.2 Å². The second-order valence-corrected chi connectivity index (χ2v) is 17.3. The molecule has 0 unspecified atom stereocenters. The fraction of sp³-hybridized carbons (Fsp3) is 0. The van der Waals surface area contributed by atoms with Crippen LogP contribution in [0.1, 0.15) is 0 Å². The second kappa shape index (κ2) is 16.0. The van der Waals surface area contributed by atoms with E-state index in [1.807, 2.05) is 0 Å². The van der Waals surface area contributed by atoms with Gasteiger partial charge in [0.05, 0.1) is 11.0 Å². The molecule has 0 aliphatic rings. The van der Waals surface area contributed by atoms with E-state index in [1.165, 1.54) is 43.9 Å². The summed E-state index contributed by atoms with van der Waals surface area (Å²) < 4.78 is 9.21. The minimum Gasteiger partial charge on any atom is -0.455 e. The van der Waals surface area contributed by atoms with Crippen molar-refractivity contribution in [3.63, 3.8) is 0 Å². The molecule has 2 aromatic heterocycles. The van der Waals surface area contributed by atoms with E-state index in [-0.39, 0.29) is 0 Å². The SMILES string of the molecule is c1ccc(-c2cccc(-c3ccc(N(c4ccc(-c5cccc(-n6c7ccccc7c7ccccc76)c5)cc4)c4cccc(-c5cccc6c5oc5c7ccccc7ccc65)c4)cc3)c2)cc1. The molecule has 0 atom stereocenters. The summed E-state index contributed by atoms with van der Waals surface area (Å²) in [5, 5.41) is 7.06. The van der Waals surface area contributed by atoms with E-state index in [2.05, 4.69) is 264 Å². The van der Waals surface area contributed by atoms with Crippen LogP contribution in [0.5, 0.6) is 0 Å². The Labute approximate surface area is 388 Å². The summed E-state index contributed by atoms with van der Waals surface area (Å²) in [5.74, 6) is 0. The molecule has 0 aliphatic carbocycles. The molecule has 67 heavy (non-hydrogen) atoms. The first kappa shape index (κ1) is 38.5. The fourth-order valence-electron chi connectivity index (χ4n) is 10.2. The quantitative estimate of drug-likeness (QED) is 0.152. The third-order valence-electron chi connectivity index (χ3n) is 13.4. The molecular weight excluding hydrogens is 813 g/mol. The summed E-state index contributed by atoms with van der Waals surface area (Å²) in [6.07, 6.45) is 0. The van der Waals surface area contributed by atoms with Crippen molar-refractivity contribution in [2.45, 2.75) is 0 Å². The molecule has 13 aromatic rings. The Kier molecular flexibility index (Phi) is 9.17. The van der Waals surface area contributed by atoms with Crippen molar-refractivity contribution in [3.05, 3.63) is 255 Å². The molecule has 2 heterocycles. The molecule has 0 aliphatic heterocycles. The number of rotatable bonds is 8. The Morgan fingerprint density at radius 1 is 0.284 bits per heavy atom. The van der Waals surface area contributed by atoms with Crippen LogP contribution in [-0.4, -0.2) is 4.57 Å². The van der Waals surface area contributed by atoms with Gasteiger partial charge in [0.15, 0.2) is 0 Å². The Morgan fingerprint density at radius 2 is 0.791 bits per heavy atom. The number of fused-ring (bicyclic) bond motifs is 8. The largest absolute Gasteiger partial charge is 0.455 e.